The van der Waals surface area contributed by atoms with E-state index in [9.17, 15) is 4.79 Å². The number of likely N-dealkylation sites (tertiary alicyclic amines) is 1. The largest absolute Gasteiger partial charge is 0.485 e. The number of morpholine rings is 1. The van der Waals surface area contributed by atoms with Gasteiger partial charge in [-0.15, -0.1) is 0 Å². The number of benzene rings is 2. The zero-order valence-electron chi connectivity index (χ0n) is 22.0. The van der Waals surface area contributed by atoms with Gasteiger partial charge in [0.25, 0.3) is 0 Å². The molecule has 0 spiro atoms. The normalized spacial score (nSPS) is 16.1. The molecule has 1 aromatic heterocycles. The van der Waals surface area contributed by atoms with Gasteiger partial charge in [0.15, 0.2) is 0 Å². The number of nitrogens with zero attached hydrogens (tertiary/aromatic N) is 4. The van der Waals surface area contributed by atoms with Crippen LogP contribution in [0.5, 0.6) is 5.75 Å². The molecule has 0 aliphatic carbocycles. The molecule has 0 radical (unpaired) electrons. The molecule has 3 heterocycles. The molecule has 3 aromatic rings. The van der Waals surface area contributed by atoms with Crippen LogP contribution in [0.25, 0.3) is 11.3 Å². The lowest BCUT2D eigenvalue weighted by molar-refractivity contribution is -0.0219. The number of carbonyl (C=O) groups excluding carboxylic acids is 1. The molecule has 38 heavy (non-hydrogen) atoms. The number of rotatable bonds is 6. The van der Waals surface area contributed by atoms with Crippen molar-refractivity contribution in [3.63, 3.8) is 0 Å². The summed E-state index contributed by atoms with van der Waals surface area (Å²) in [5.74, 6) is 1.08. The van der Waals surface area contributed by atoms with Crippen LogP contribution in [0.15, 0.2) is 54.7 Å². The Morgan fingerprint density at radius 1 is 1.08 bits per heavy atom. The van der Waals surface area contributed by atoms with Gasteiger partial charge < -0.3 is 35.1 Å². The number of nitrogens with one attached hydrogen (secondary N) is 1. The van der Waals surface area contributed by atoms with E-state index in [0.717, 1.165) is 43.2 Å². The van der Waals surface area contributed by atoms with E-state index in [-0.39, 0.29) is 12.2 Å². The minimum Gasteiger partial charge on any atom is -0.485 e. The molecule has 2 aliphatic heterocycles. The number of ether oxygens (including phenoxy) is 3. The lowest BCUT2D eigenvalue weighted by atomic mass is 10.1. The van der Waals surface area contributed by atoms with E-state index < -0.39 is 5.60 Å². The topological polar surface area (TPSA) is 115 Å². The zero-order valence-corrected chi connectivity index (χ0v) is 22.0. The van der Waals surface area contributed by atoms with Gasteiger partial charge >= 0.3 is 6.09 Å². The first-order valence-electron chi connectivity index (χ1n) is 12.8. The molecule has 2 saturated heterocycles. The molecule has 0 atom stereocenters. The van der Waals surface area contributed by atoms with Gasteiger partial charge in [0.05, 0.1) is 37.7 Å². The predicted octanol–water partition coefficient (Wildman–Crippen LogP) is 4.30. The monoisotopic (exact) mass is 518 g/mol. The second-order valence-electron chi connectivity index (χ2n) is 10.4. The fourth-order valence-corrected chi connectivity index (χ4v) is 4.27. The Kier molecular flexibility index (Phi) is 7.24. The molecular formula is C28H34N6O4. The minimum atomic E-state index is -0.521. The molecule has 200 valence electrons. The fourth-order valence-electron chi connectivity index (χ4n) is 4.27. The smallest absolute Gasteiger partial charge is 0.410 e. The molecule has 2 aliphatic rings. The van der Waals surface area contributed by atoms with Gasteiger partial charge in [0.1, 0.15) is 17.5 Å². The van der Waals surface area contributed by atoms with Crippen molar-refractivity contribution in [2.75, 3.05) is 55.3 Å². The lowest BCUT2D eigenvalue weighted by Crippen LogP contribution is -2.57. The number of nitrogen functional groups attached to an aromatic ring is 1. The first kappa shape index (κ1) is 25.6. The summed E-state index contributed by atoms with van der Waals surface area (Å²) in [6, 6.07) is 15.7. The highest BCUT2D eigenvalue weighted by Gasteiger charge is 2.35. The summed E-state index contributed by atoms with van der Waals surface area (Å²) in [7, 11) is 0. The van der Waals surface area contributed by atoms with Crippen LogP contribution in [0.3, 0.4) is 0 Å². The number of carbonyl (C=O) groups is 1. The van der Waals surface area contributed by atoms with Gasteiger partial charge in [-0.2, -0.15) is 0 Å². The van der Waals surface area contributed by atoms with Gasteiger partial charge in [-0.05, 0) is 69.3 Å². The Morgan fingerprint density at radius 3 is 2.50 bits per heavy atom. The lowest BCUT2D eigenvalue weighted by Gasteiger charge is -2.39. The Balaban J connectivity index is 1.18. The van der Waals surface area contributed by atoms with Crippen molar-refractivity contribution in [3.8, 4) is 17.0 Å². The summed E-state index contributed by atoms with van der Waals surface area (Å²) in [4.78, 5) is 25.1. The number of anilines is 4. The molecule has 10 nitrogen and oxygen atoms in total. The van der Waals surface area contributed by atoms with Crippen molar-refractivity contribution in [3.05, 3.63) is 54.7 Å². The SMILES string of the molecule is CC(C)(C)OC(=O)N1CC(Oc2ccc(-c3ccnc(Nc4ccc(N5CCOCC5)cc4)n3)cc2N)C1. The van der Waals surface area contributed by atoms with Crippen LogP contribution in [0, 0.1) is 0 Å². The first-order valence-corrected chi connectivity index (χ1v) is 12.8. The third-order valence-corrected chi connectivity index (χ3v) is 6.25. The van der Waals surface area contributed by atoms with E-state index in [0.29, 0.717) is 30.5 Å². The fraction of sp³-hybridized carbons (Fsp3) is 0.393. The van der Waals surface area contributed by atoms with Crippen LogP contribution in [0.1, 0.15) is 20.8 Å². The molecule has 2 fully saturated rings. The number of amides is 1. The third kappa shape index (κ3) is 6.25. The molecule has 2 aromatic carbocycles. The van der Waals surface area contributed by atoms with Crippen molar-refractivity contribution >= 4 is 29.1 Å². The summed E-state index contributed by atoms with van der Waals surface area (Å²) >= 11 is 0. The quantitative estimate of drug-likeness (QED) is 0.461. The van der Waals surface area contributed by atoms with E-state index >= 15 is 0 Å². The molecule has 3 N–H and O–H groups in total. The van der Waals surface area contributed by atoms with Crippen LogP contribution >= 0.6 is 0 Å². The van der Waals surface area contributed by atoms with Gasteiger partial charge in [-0.25, -0.2) is 14.8 Å². The zero-order chi connectivity index (χ0) is 26.7. The third-order valence-electron chi connectivity index (χ3n) is 6.25. The van der Waals surface area contributed by atoms with E-state index in [1.165, 1.54) is 5.69 Å². The number of nitrogens with two attached hydrogens (primary N) is 1. The van der Waals surface area contributed by atoms with Crippen LogP contribution in [0.2, 0.25) is 0 Å². The minimum absolute atomic E-state index is 0.125. The summed E-state index contributed by atoms with van der Waals surface area (Å²) in [6.45, 7) is 9.78. The summed E-state index contributed by atoms with van der Waals surface area (Å²) in [5.41, 5.74) is 9.96. The molecule has 5 rings (SSSR count). The van der Waals surface area contributed by atoms with Crippen LogP contribution < -0.4 is 20.7 Å². The van der Waals surface area contributed by atoms with Crippen molar-refractivity contribution in [1.29, 1.82) is 0 Å². The molecule has 10 heteroatoms. The van der Waals surface area contributed by atoms with Gasteiger partial charge in [0, 0.05) is 36.2 Å². The Morgan fingerprint density at radius 2 is 1.82 bits per heavy atom. The maximum absolute atomic E-state index is 12.1. The van der Waals surface area contributed by atoms with Gasteiger partial charge in [-0.3, -0.25) is 0 Å². The highest BCUT2D eigenvalue weighted by Crippen LogP contribution is 2.30. The highest BCUT2D eigenvalue weighted by atomic mass is 16.6. The molecular weight excluding hydrogens is 484 g/mol. The number of hydrogen-bond acceptors (Lipinski definition) is 9. The molecule has 1 amide bonds. The van der Waals surface area contributed by atoms with Crippen LogP contribution in [0.4, 0.5) is 27.8 Å². The maximum atomic E-state index is 12.1. The van der Waals surface area contributed by atoms with Crippen molar-refractivity contribution in [2.45, 2.75) is 32.5 Å². The van der Waals surface area contributed by atoms with Crippen LogP contribution in [-0.4, -0.2) is 72.1 Å². The maximum Gasteiger partial charge on any atom is 0.410 e. The standard InChI is InChI=1S/C28H34N6O4/c1-28(2,3)38-27(35)34-17-22(18-34)37-25-9-4-19(16-23(25)29)24-10-11-30-26(32-24)31-20-5-7-21(8-6-20)33-12-14-36-15-13-33/h4-11,16,22H,12-15,17-18,29H2,1-3H3,(H,30,31,32). The second-order valence-corrected chi connectivity index (χ2v) is 10.4. The molecule has 0 saturated carbocycles. The Hall–Kier alpha value is -4.05. The Bertz CT molecular complexity index is 1270. The van der Waals surface area contributed by atoms with E-state index in [1.54, 1.807) is 11.1 Å². The molecule has 0 bridgehead atoms. The highest BCUT2D eigenvalue weighted by molar-refractivity contribution is 5.70. The first-order chi connectivity index (χ1) is 18.2. The molecule has 0 unspecified atom stereocenters. The van der Waals surface area contributed by atoms with Crippen LogP contribution in [-0.2, 0) is 9.47 Å². The van der Waals surface area contributed by atoms with Gasteiger partial charge in [-0.1, -0.05) is 0 Å². The van der Waals surface area contributed by atoms with Gasteiger partial charge in [0.2, 0.25) is 5.95 Å². The van der Waals surface area contributed by atoms with Crippen molar-refractivity contribution in [2.24, 2.45) is 0 Å². The summed E-state index contributed by atoms with van der Waals surface area (Å²) in [6.07, 6.45) is 1.26. The second kappa shape index (κ2) is 10.7. The van der Waals surface area contributed by atoms with Crippen molar-refractivity contribution in [1.82, 2.24) is 14.9 Å². The Labute approximate surface area is 222 Å². The van der Waals surface area contributed by atoms with E-state index in [2.05, 4.69) is 32.3 Å². The average molecular weight is 519 g/mol. The van der Waals surface area contributed by atoms with E-state index in [1.807, 2.05) is 57.2 Å². The summed E-state index contributed by atoms with van der Waals surface area (Å²) < 4.78 is 16.8. The van der Waals surface area contributed by atoms with E-state index in [4.69, 9.17) is 19.9 Å². The summed E-state index contributed by atoms with van der Waals surface area (Å²) in [5, 5.41) is 3.27. The predicted molar refractivity (Wildman–Crippen MR) is 147 cm³/mol. The van der Waals surface area contributed by atoms with Crippen molar-refractivity contribution < 1.29 is 19.0 Å². The average Bonchev–Trinajstić information content (AvgIpc) is 2.87. The number of hydrogen-bond donors (Lipinski definition) is 2. The number of aromatic nitrogens is 2.